The van der Waals surface area contributed by atoms with Gasteiger partial charge in [-0.2, -0.15) is 17.0 Å². The van der Waals surface area contributed by atoms with Gasteiger partial charge in [0.1, 0.15) is 0 Å². The molecule has 0 saturated carbocycles. The number of nitriles is 1. The SMILES string of the molecule is COC(=O)/C(=C/c1ccc(Br)cc1)CSCCC#N. The fraction of sp³-hybridized carbons (Fsp3) is 0.286. The molecule has 3 nitrogen and oxygen atoms in total. The number of thioether (sulfide) groups is 1. The predicted molar refractivity (Wildman–Crippen MR) is 81.7 cm³/mol. The lowest BCUT2D eigenvalue weighted by atomic mass is 10.1. The van der Waals surface area contributed by atoms with Crippen molar-refractivity contribution in [3.05, 3.63) is 39.9 Å². The number of carbonyl (C=O) groups is 1. The second kappa shape index (κ2) is 8.78. The van der Waals surface area contributed by atoms with Crippen LogP contribution in [-0.4, -0.2) is 24.6 Å². The lowest BCUT2D eigenvalue weighted by molar-refractivity contribution is -0.135. The molecule has 0 radical (unpaired) electrons. The highest BCUT2D eigenvalue weighted by Gasteiger charge is 2.09. The Hall–Kier alpha value is -1.25. The molecule has 0 amide bonds. The molecule has 1 rings (SSSR count). The van der Waals surface area contributed by atoms with Crippen LogP contribution < -0.4 is 0 Å². The van der Waals surface area contributed by atoms with Crippen molar-refractivity contribution in [3.8, 4) is 6.07 Å². The Morgan fingerprint density at radius 1 is 1.47 bits per heavy atom. The second-order valence-electron chi connectivity index (χ2n) is 3.67. The molecule has 5 heteroatoms. The van der Waals surface area contributed by atoms with Gasteiger partial charge in [-0.05, 0) is 23.8 Å². The lowest BCUT2D eigenvalue weighted by Gasteiger charge is -2.05. The van der Waals surface area contributed by atoms with Crippen LogP contribution >= 0.6 is 27.7 Å². The third-order valence-electron chi connectivity index (χ3n) is 2.27. The van der Waals surface area contributed by atoms with Crippen molar-refractivity contribution in [1.29, 1.82) is 5.26 Å². The summed E-state index contributed by atoms with van der Waals surface area (Å²) in [6, 6.07) is 9.77. The average Bonchev–Trinajstić information content (AvgIpc) is 2.43. The van der Waals surface area contributed by atoms with Crippen molar-refractivity contribution in [3.63, 3.8) is 0 Å². The van der Waals surface area contributed by atoms with Gasteiger partial charge in [0.2, 0.25) is 0 Å². The first-order valence-electron chi connectivity index (χ1n) is 5.66. The molecule has 0 aliphatic rings. The summed E-state index contributed by atoms with van der Waals surface area (Å²) in [6.45, 7) is 0. The first kappa shape index (κ1) is 15.8. The zero-order valence-electron chi connectivity index (χ0n) is 10.6. The molecule has 1 aromatic carbocycles. The number of nitrogens with zero attached hydrogens (tertiary/aromatic N) is 1. The van der Waals surface area contributed by atoms with Gasteiger partial charge in [-0.3, -0.25) is 0 Å². The third kappa shape index (κ3) is 5.95. The fourth-order valence-electron chi connectivity index (χ4n) is 1.35. The maximum Gasteiger partial charge on any atom is 0.334 e. The molecular formula is C14H14BrNO2S. The number of hydrogen-bond acceptors (Lipinski definition) is 4. The van der Waals surface area contributed by atoms with E-state index in [0.717, 1.165) is 10.0 Å². The van der Waals surface area contributed by atoms with E-state index in [0.29, 0.717) is 23.5 Å². The third-order valence-corrected chi connectivity index (χ3v) is 3.81. The highest BCUT2D eigenvalue weighted by Crippen LogP contribution is 2.17. The Labute approximate surface area is 125 Å². The van der Waals surface area contributed by atoms with E-state index in [1.807, 2.05) is 30.3 Å². The van der Waals surface area contributed by atoms with E-state index < -0.39 is 0 Å². The van der Waals surface area contributed by atoms with Crippen molar-refractivity contribution >= 4 is 39.7 Å². The molecule has 0 fully saturated rings. The van der Waals surface area contributed by atoms with Crippen LogP contribution in [0.2, 0.25) is 0 Å². The Morgan fingerprint density at radius 2 is 2.16 bits per heavy atom. The Balaban J connectivity index is 2.75. The van der Waals surface area contributed by atoms with Gasteiger partial charge in [0.05, 0.1) is 13.2 Å². The highest BCUT2D eigenvalue weighted by atomic mass is 79.9. The molecular weight excluding hydrogens is 326 g/mol. The van der Waals surface area contributed by atoms with E-state index in [1.54, 1.807) is 11.8 Å². The molecule has 0 heterocycles. The second-order valence-corrected chi connectivity index (χ2v) is 5.69. The van der Waals surface area contributed by atoms with Gasteiger partial charge in [0.25, 0.3) is 0 Å². The van der Waals surface area contributed by atoms with Crippen LogP contribution in [0, 0.1) is 11.3 Å². The zero-order valence-corrected chi connectivity index (χ0v) is 13.0. The molecule has 0 N–H and O–H groups in total. The van der Waals surface area contributed by atoms with E-state index in [4.69, 9.17) is 10.00 Å². The van der Waals surface area contributed by atoms with E-state index in [9.17, 15) is 4.79 Å². The number of halogens is 1. The topological polar surface area (TPSA) is 50.1 Å². The predicted octanol–water partition coefficient (Wildman–Crippen LogP) is 3.65. The molecule has 0 aliphatic carbocycles. The maximum absolute atomic E-state index is 11.7. The average molecular weight is 340 g/mol. The molecule has 19 heavy (non-hydrogen) atoms. The van der Waals surface area contributed by atoms with Gasteiger partial charge < -0.3 is 4.74 Å². The van der Waals surface area contributed by atoms with Crippen LogP contribution in [0.15, 0.2) is 34.3 Å². The number of hydrogen-bond donors (Lipinski definition) is 0. The summed E-state index contributed by atoms with van der Waals surface area (Å²) in [7, 11) is 1.37. The minimum Gasteiger partial charge on any atom is -0.466 e. The molecule has 0 bridgehead atoms. The summed E-state index contributed by atoms with van der Waals surface area (Å²) >= 11 is 4.92. The molecule has 1 aromatic rings. The van der Waals surface area contributed by atoms with E-state index >= 15 is 0 Å². The molecule has 0 unspecified atom stereocenters. The summed E-state index contributed by atoms with van der Waals surface area (Å²) in [5, 5.41) is 8.47. The standard InChI is InChI=1S/C14H14BrNO2S/c1-18-14(17)12(10-19-8-2-7-16)9-11-3-5-13(15)6-4-11/h3-6,9H,2,8,10H2,1H3/b12-9+. The van der Waals surface area contributed by atoms with Crippen molar-refractivity contribution in [2.45, 2.75) is 6.42 Å². The molecule has 0 atom stereocenters. The van der Waals surface area contributed by atoms with E-state index in [2.05, 4.69) is 22.0 Å². The summed E-state index contributed by atoms with van der Waals surface area (Å²) in [5.74, 6) is 0.933. The normalized spacial score (nSPS) is 10.9. The van der Waals surface area contributed by atoms with E-state index in [1.165, 1.54) is 7.11 Å². The smallest absolute Gasteiger partial charge is 0.334 e. The van der Waals surface area contributed by atoms with E-state index in [-0.39, 0.29) is 5.97 Å². The van der Waals surface area contributed by atoms with Gasteiger partial charge >= 0.3 is 5.97 Å². The van der Waals surface area contributed by atoms with Crippen molar-refractivity contribution in [2.75, 3.05) is 18.6 Å². The van der Waals surface area contributed by atoms with Gasteiger partial charge in [-0.15, -0.1) is 0 Å². The molecule has 0 spiro atoms. The van der Waals surface area contributed by atoms with Crippen LogP contribution in [0.5, 0.6) is 0 Å². The number of benzene rings is 1. The van der Waals surface area contributed by atoms with Gasteiger partial charge in [-0.1, -0.05) is 28.1 Å². The number of rotatable bonds is 6. The first-order chi connectivity index (χ1) is 9.17. The van der Waals surface area contributed by atoms with Gasteiger partial charge in [0, 0.05) is 28.0 Å². The zero-order chi connectivity index (χ0) is 14.1. The highest BCUT2D eigenvalue weighted by molar-refractivity contribution is 9.10. The van der Waals surface area contributed by atoms with Gasteiger partial charge in [-0.25, -0.2) is 4.79 Å². The monoisotopic (exact) mass is 339 g/mol. The van der Waals surface area contributed by atoms with Crippen molar-refractivity contribution in [2.24, 2.45) is 0 Å². The largest absolute Gasteiger partial charge is 0.466 e. The number of ether oxygens (including phenoxy) is 1. The molecule has 0 aliphatic heterocycles. The quantitative estimate of drug-likeness (QED) is 0.451. The maximum atomic E-state index is 11.7. The fourth-order valence-corrected chi connectivity index (χ4v) is 2.42. The van der Waals surface area contributed by atoms with Crippen LogP contribution in [0.1, 0.15) is 12.0 Å². The Morgan fingerprint density at radius 3 is 2.74 bits per heavy atom. The minimum atomic E-state index is -0.327. The van der Waals surface area contributed by atoms with Gasteiger partial charge in [0.15, 0.2) is 0 Å². The first-order valence-corrected chi connectivity index (χ1v) is 7.61. The molecule has 100 valence electrons. The number of methoxy groups -OCH3 is 1. The summed E-state index contributed by atoms with van der Waals surface area (Å²) in [5.41, 5.74) is 1.55. The van der Waals surface area contributed by atoms with Crippen molar-refractivity contribution < 1.29 is 9.53 Å². The summed E-state index contributed by atoms with van der Waals surface area (Å²) < 4.78 is 5.76. The number of carbonyl (C=O) groups excluding carboxylic acids is 1. The molecule has 0 saturated heterocycles. The van der Waals surface area contributed by atoms with Crippen LogP contribution in [-0.2, 0) is 9.53 Å². The van der Waals surface area contributed by atoms with Crippen molar-refractivity contribution in [1.82, 2.24) is 0 Å². The lowest BCUT2D eigenvalue weighted by Crippen LogP contribution is -2.07. The van der Waals surface area contributed by atoms with Crippen LogP contribution in [0.3, 0.4) is 0 Å². The molecule has 0 aromatic heterocycles. The summed E-state index contributed by atoms with van der Waals surface area (Å²) in [4.78, 5) is 11.7. The van der Waals surface area contributed by atoms with Crippen LogP contribution in [0.25, 0.3) is 6.08 Å². The number of esters is 1. The van der Waals surface area contributed by atoms with Crippen LogP contribution in [0.4, 0.5) is 0 Å². The summed E-state index contributed by atoms with van der Waals surface area (Å²) in [6.07, 6.45) is 2.30. The Kier molecular flexibility index (Phi) is 7.31. The Bertz CT molecular complexity index is 491. The minimum absolute atomic E-state index is 0.327.